The molecule has 4 heteroatoms. The van der Waals surface area contributed by atoms with Gasteiger partial charge in [0.25, 0.3) is 0 Å². The molecular formula is C15H26N2O2. The molecule has 1 saturated carbocycles. The van der Waals surface area contributed by atoms with Crippen molar-refractivity contribution in [3.05, 3.63) is 0 Å². The van der Waals surface area contributed by atoms with Crippen molar-refractivity contribution in [1.29, 1.82) is 0 Å². The molecule has 0 aromatic heterocycles. The van der Waals surface area contributed by atoms with E-state index in [2.05, 4.69) is 5.32 Å². The molecule has 0 atom stereocenters. The maximum absolute atomic E-state index is 12.8. The molecule has 1 heterocycles. The van der Waals surface area contributed by atoms with Gasteiger partial charge in [0.05, 0.1) is 0 Å². The van der Waals surface area contributed by atoms with E-state index < -0.39 is 11.1 Å². The highest BCUT2D eigenvalue weighted by Gasteiger charge is 2.52. The van der Waals surface area contributed by atoms with Crippen molar-refractivity contribution in [2.24, 2.45) is 5.92 Å². The molecule has 2 amide bonds. The molecule has 0 unspecified atom stereocenters. The quantitative estimate of drug-likeness (QED) is 0.828. The van der Waals surface area contributed by atoms with E-state index >= 15 is 0 Å². The highest BCUT2D eigenvalue weighted by molar-refractivity contribution is 6.01. The summed E-state index contributed by atoms with van der Waals surface area (Å²) in [6, 6.07) is 0. The van der Waals surface area contributed by atoms with Crippen LogP contribution in [-0.2, 0) is 9.59 Å². The predicted molar refractivity (Wildman–Crippen MR) is 74.6 cm³/mol. The lowest BCUT2D eigenvalue weighted by Crippen LogP contribution is -2.73. The van der Waals surface area contributed by atoms with Crippen LogP contribution in [0.2, 0.25) is 0 Å². The average molecular weight is 266 g/mol. The van der Waals surface area contributed by atoms with Crippen LogP contribution in [0, 0.1) is 5.92 Å². The fourth-order valence-electron chi connectivity index (χ4n) is 2.89. The zero-order chi connectivity index (χ0) is 14.3. The van der Waals surface area contributed by atoms with Gasteiger partial charge in [-0.05, 0) is 39.0 Å². The Bertz CT molecular complexity index is 382. The van der Waals surface area contributed by atoms with Crippen LogP contribution in [0.5, 0.6) is 0 Å². The molecule has 2 aliphatic rings. The zero-order valence-electron chi connectivity index (χ0n) is 12.6. The van der Waals surface area contributed by atoms with Gasteiger partial charge in [0, 0.05) is 6.54 Å². The molecule has 0 radical (unpaired) electrons. The summed E-state index contributed by atoms with van der Waals surface area (Å²) in [5.74, 6) is 0.848. The fraction of sp³-hybridized carbons (Fsp3) is 0.867. The van der Waals surface area contributed by atoms with E-state index in [1.165, 1.54) is 12.8 Å². The number of piperazine rings is 1. The Labute approximate surface area is 115 Å². The van der Waals surface area contributed by atoms with Crippen LogP contribution in [0.25, 0.3) is 0 Å². The number of rotatable bonds is 5. The van der Waals surface area contributed by atoms with Gasteiger partial charge in [0.2, 0.25) is 11.8 Å². The Morgan fingerprint density at radius 2 is 1.79 bits per heavy atom. The minimum atomic E-state index is -0.722. The largest absolute Gasteiger partial charge is 0.340 e. The Morgan fingerprint density at radius 3 is 2.26 bits per heavy atom. The van der Waals surface area contributed by atoms with Gasteiger partial charge in [-0.3, -0.25) is 9.59 Å². The summed E-state index contributed by atoms with van der Waals surface area (Å²) in [6.45, 7) is 8.36. The number of hydrogen-bond donors (Lipinski definition) is 1. The molecule has 2 fully saturated rings. The van der Waals surface area contributed by atoms with E-state index in [-0.39, 0.29) is 11.8 Å². The number of carbonyl (C=O) groups excluding carboxylic acids is 2. The lowest BCUT2D eigenvalue weighted by molar-refractivity contribution is -0.161. The predicted octanol–water partition coefficient (Wildman–Crippen LogP) is 2.08. The van der Waals surface area contributed by atoms with Gasteiger partial charge >= 0.3 is 0 Å². The van der Waals surface area contributed by atoms with Gasteiger partial charge in [0.15, 0.2) is 0 Å². The third kappa shape index (κ3) is 2.37. The molecule has 19 heavy (non-hydrogen) atoms. The Hall–Kier alpha value is -1.06. The molecule has 1 aliphatic heterocycles. The molecule has 1 saturated heterocycles. The Kier molecular flexibility index (Phi) is 3.63. The Morgan fingerprint density at radius 1 is 1.21 bits per heavy atom. The van der Waals surface area contributed by atoms with Gasteiger partial charge in [-0.1, -0.05) is 26.7 Å². The van der Waals surface area contributed by atoms with Gasteiger partial charge < -0.3 is 10.2 Å². The molecule has 108 valence electrons. The van der Waals surface area contributed by atoms with Crippen molar-refractivity contribution >= 4 is 11.8 Å². The van der Waals surface area contributed by atoms with Gasteiger partial charge in [-0.15, -0.1) is 0 Å². The van der Waals surface area contributed by atoms with Crippen LogP contribution in [0.4, 0.5) is 0 Å². The van der Waals surface area contributed by atoms with Crippen LogP contribution in [0.3, 0.4) is 0 Å². The molecule has 0 aromatic carbocycles. The summed E-state index contributed by atoms with van der Waals surface area (Å²) in [7, 11) is 0. The summed E-state index contributed by atoms with van der Waals surface area (Å²) >= 11 is 0. The second-order valence-electron chi connectivity index (χ2n) is 6.49. The van der Waals surface area contributed by atoms with Gasteiger partial charge in [-0.2, -0.15) is 0 Å². The van der Waals surface area contributed by atoms with E-state index in [1.54, 1.807) is 0 Å². The first-order chi connectivity index (χ1) is 8.87. The average Bonchev–Trinajstić information content (AvgIpc) is 3.18. The zero-order valence-corrected chi connectivity index (χ0v) is 12.6. The highest BCUT2D eigenvalue weighted by atomic mass is 16.2. The maximum Gasteiger partial charge on any atom is 0.249 e. The Balaban J connectivity index is 2.22. The first-order valence-corrected chi connectivity index (χ1v) is 7.52. The molecular weight excluding hydrogens is 240 g/mol. The van der Waals surface area contributed by atoms with E-state index in [9.17, 15) is 9.59 Å². The van der Waals surface area contributed by atoms with Crippen LogP contribution in [-0.4, -0.2) is 34.3 Å². The van der Waals surface area contributed by atoms with Crippen molar-refractivity contribution in [2.75, 3.05) is 6.54 Å². The monoisotopic (exact) mass is 266 g/mol. The first-order valence-electron chi connectivity index (χ1n) is 7.52. The topological polar surface area (TPSA) is 49.4 Å². The van der Waals surface area contributed by atoms with Crippen LogP contribution < -0.4 is 5.32 Å². The lowest BCUT2D eigenvalue weighted by Gasteiger charge is -2.49. The van der Waals surface area contributed by atoms with Crippen LogP contribution in [0.1, 0.15) is 59.8 Å². The summed E-state index contributed by atoms with van der Waals surface area (Å²) in [5.41, 5.74) is -1.41. The molecule has 2 rings (SSSR count). The molecule has 0 aromatic rings. The third-order valence-electron chi connectivity index (χ3n) is 4.90. The van der Waals surface area contributed by atoms with Crippen molar-refractivity contribution in [1.82, 2.24) is 10.2 Å². The molecule has 0 bridgehead atoms. The molecule has 1 aliphatic carbocycles. The molecule has 4 nitrogen and oxygen atoms in total. The fourth-order valence-corrected chi connectivity index (χ4v) is 2.89. The third-order valence-corrected chi connectivity index (χ3v) is 4.90. The van der Waals surface area contributed by atoms with Crippen molar-refractivity contribution < 1.29 is 9.59 Å². The van der Waals surface area contributed by atoms with Gasteiger partial charge in [0.1, 0.15) is 11.1 Å². The molecule has 0 spiro atoms. The maximum atomic E-state index is 12.8. The van der Waals surface area contributed by atoms with E-state index in [1.807, 2.05) is 32.6 Å². The van der Waals surface area contributed by atoms with Gasteiger partial charge in [-0.25, -0.2) is 0 Å². The number of carbonyl (C=O) groups is 2. The first kappa shape index (κ1) is 14.4. The smallest absolute Gasteiger partial charge is 0.249 e. The van der Waals surface area contributed by atoms with Crippen LogP contribution >= 0.6 is 0 Å². The summed E-state index contributed by atoms with van der Waals surface area (Å²) in [5, 5.41) is 2.97. The number of hydrogen-bond acceptors (Lipinski definition) is 2. The normalized spacial score (nSPS) is 25.4. The number of amides is 2. The van der Waals surface area contributed by atoms with Crippen LogP contribution in [0.15, 0.2) is 0 Å². The summed E-state index contributed by atoms with van der Waals surface area (Å²) < 4.78 is 0. The molecule has 1 N–H and O–H groups in total. The van der Waals surface area contributed by atoms with E-state index in [0.717, 1.165) is 12.3 Å². The SMILES string of the molecule is CCC1(CC)NC(=O)C(C)(C)N(CCC2CC2)C1=O. The van der Waals surface area contributed by atoms with Crippen molar-refractivity contribution in [3.63, 3.8) is 0 Å². The van der Waals surface area contributed by atoms with E-state index in [0.29, 0.717) is 19.4 Å². The standard InChI is InChI=1S/C15H26N2O2/c1-5-15(6-2)13(19)17(10-9-11-7-8-11)14(3,4)12(18)16-15/h11H,5-10H2,1-4H3,(H,16,18). The lowest BCUT2D eigenvalue weighted by atomic mass is 9.83. The minimum absolute atomic E-state index is 0.0217. The summed E-state index contributed by atoms with van der Waals surface area (Å²) in [4.78, 5) is 27.0. The highest BCUT2D eigenvalue weighted by Crippen LogP contribution is 2.35. The van der Waals surface area contributed by atoms with E-state index in [4.69, 9.17) is 0 Å². The number of nitrogens with one attached hydrogen (secondary N) is 1. The second kappa shape index (κ2) is 4.80. The number of nitrogens with zero attached hydrogens (tertiary/aromatic N) is 1. The second-order valence-corrected chi connectivity index (χ2v) is 6.49. The minimum Gasteiger partial charge on any atom is -0.340 e. The summed E-state index contributed by atoms with van der Waals surface area (Å²) in [6.07, 6.45) is 4.91. The van der Waals surface area contributed by atoms with Crippen molar-refractivity contribution in [3.8, 4) is 0 Å². The van der Waals surface area contributed by atoms with Crippen molar-refractivity contribution in [2.45, 2.75) is 70.9 Å².